The van der Waals surface area contributed by atoms with Crippen LogP contribution in [0.25, 0.3) is 11.4 Å². The van der Waals surface area contributed by atoms with Gasteiger partial charge in [0.2, 0.25) is 17.6 Å². The van der Waals surface area contributed by atoms with Crippen molar-refractivity contribution in [3.05, 3.63) is 35.7 Å². The second-order valence-electron chi connectivity index (χ2n) is 7.89. The predicted octanol–water partition coefficient (Wildman–Crippen LogP) is 3.16. The Labute approximate surface area is 160 Å². The molecule has 2 atom stereocenters. The summed E-state index contributed by atoms with van der Waals surface area (Å²) in [5.74, 6) is 1.15. The molecule has 0 unspecified atom stereocenters. The van der Waals surface area contributed by atoms with Gasteiger partial charge >= 0.3 is 0 Å². The van der Waals surface area contributed by atoms with Gasteiger partial charge < -0.3 is 15.2 Å². The van der Waals surface area contributed by atoms with Crippen molar-refractivity contribution < 1.29 is 9.32 Å². The number of benzene rings is 1. The minimum Gasteiger partial charge on any atom is -0.352 e. The van der Waals surface area contributed by atoms with E-state index in [1.165, 1.54) is 25.7 Å². The molecule has 2 aliphatic rings. The molecule has 2 N–H and O–H groups in total. The molecule has 2 fully saturated rings. The lowest BCUT2D eigenvalue weighted by Gasteiger charge is -2.39. The van der Waals surface area contributed by atoms with Crippen LogP contribution < -0.4 is 10.6 Å². The van der Waals surface area contributed by atoms with Gasteiger partial charge in [-0.2, -0.15) is 4.98 Å². The third-order valence-electron chi connectivity index (χ3n) is 5.74. The average Bonchev–Trinajstić information content (AvgIpc) is 3.33. The molecule has 4 rings (SSSR count). The van der Waals surface area contributed by atoms with Crippen molar-refractivity contribution in [2.45, 2.75) is 76.4 Å². The van der Waals surface area contributed by atoms with Crippen molar-refractivity contribution in [3.63, 3.8) is 0 Å². The summed E-state index contributed by atoms with van der Waals surface area (Å²) in [7, 11) is 0. The van der Waals surface area contributed by atoms with Crippen LogP contribution in [0.3, 0.4) is 0 Å². The van der Waals surface area contributed by atoms with Gasteiger partial charge in [0.1, 0.15) is 0 Å². The molecule has 27 heavy (non-hydrogen) atoms. The van der Waals surface area contributed by atoms with E-state index >= 15 is 0 Å². The smallest absolute Gasteiger partial charge is 0.227 e. The first kappa shape index (κ1) is 18.2. The van der Waals surface area contributed by atoms with Crippen LogP contribution in [0.1, 0.15) is 56.4 Å². The van der Waals surface area contributed by atoms with Crippen LogP contribution in [-0.4, -0.2) is 34.2 Å². The summed E-state index contributed by atoms with van der Waals surface area (Å²) < 4.78 is 5.31. The fraction of sp³-hybridized carbons (Fsp3) is 0.571. The molecule has 2 aliphatic carbocycles. The van der Waals surface area contributed by atoms with Crippen molar-refractivity contribution in [1.29, 1.82) is 0 Å². The summed E-state index contributed by atoms with van der Waals surface area (Å²) in [6.45, 7) is 2.03. The number of carbonyl (C=O) groups excluding carboxylic acids is 1. The zero-order chi connectivity index (χ0) is 18.6. The normalized spacial score (nSPS) is 22.6. The van der Waals surface area contributed by atoms with Crippen LogP contribution in [0.5, 0.6) is 0 Å². The number of amides is 1. The molecule has 2 aromatic rings. The third kappa shape index (κ3) is 4.56. The molecular formula is C21H28N4O2. The van der Waals surface area contributed by atoms with Crippen molar-refractivity contribution in [1.82, 2.24) is 20.8 Å². The first-order chi connectivity index (χ1) is 13.2. The summed E-state index contributed by atoms with van der Waals surface area (Å²) in [4.78, 5) is 16.7. The number of hydrogen-bond acceptors (Lipinski definition) is 5. The molecule has 1 aromatic heterocycles. The summed E-state index contributed by atoms with van der Waals surface area (Å²) in [6, 6.07) is 9.34. The summed E-state index contributed by atoms with van der Waals surface area (Å²) in [6.07, 6.45) is 8.28. The maximum absolute atomic E-state index is 12.3. The van der Waals surface area contributed by atoms with Crippen LogP contribution in [0, 0.1) is 6.92 Å². The van der Waals surface area contributed by atoms with E-state index in [-0.39, 0.29) is 11.9 Å². The number of aromatic nitrogens is 2. The van der Waals surface area contributed by atoms with E-state index < -0.39 is 0 Å². The number of carbonyl (C=O) groups is 1. The van der Waals surface area contributed by atoms with Crippen molar-refractivity contribution in [3.8, 4) is 11.4 Å². The Morgan fingerprint density at radius 2 is 2.00 bits per heavy atom. The lowest BCUT2D eigenvalue weighted by molar-refractivity contribution is -0.122. The highest BCUT2D eigenvalue weighted by atomic mass is 16.5. The van der Waals surface area contributed by atoms with Crippen molar-refractivity contribution >= 4 is 5.91 Å². The zero-order valence-corrected chi connectivity index (χ0v) is 15.9. The first-order valence-electron chi connectivity index (χ1n) is 10.1. The van der Waals surface area contributed by atoms with E-state index in [1.54, 1.807) is 0 Å². The maximum Gasteiger partial charge on any atom is 0.227 e. The van der Waals surface area contributed by atoms with Gasteiger partial charge in [0.15, 0.2) is 0 Å². The maximum atomic E-state index is 12.3. The summed E-state index contributed by atoms with van der Waals surface area (Å²) in [5, 5.41) is 10.9. The van der Waals surface area contributed by atoms with Crippen LogP contribution >= 0.6 is 0 Å². The number of rotatable bonds is 7. The Kier molecular flexibility index (Phi) is 5.53. The Hall–Kier alpha value is -2.21. The van der Waals surface area contributed by atoms with Gasteiger partial charge in [0.25, 0.3) is 0 Å². The number of aryl methyl sites for hydroxylation is 2. The molecular weight excluding hydrogens is 340 g/mol. The van der Waals surface area contributed by atoms with Gasteiger partial charge in [0.05, 0.1) is 0 Å². The topological polar surface area (TPSA) is 80.0 Å². The second kappa shape index (κ2) is 8.21. The van der Waals surface area contributed by atoms with Gasteiger partial charge in [-0.3, -0.25) is 4.79 Å². The lowest BCUT2D eigenvalue weighted by atomic mass is 9.85. The quantitative estimate of drug-likeness (QED) is 0.785. The summed E-state index contributed by atoms with van der Waals surface area (Å²) >= 11 is 0. The number of nitrogens with zero attached hydrogens (tertiary/aromatic N) is 2. The molecule has 0 spiro atoms. The Morgan fingerprint density at radius 3 is 2.74 bits per heavy atom. The first-order valence-corrected chi connectivity index (χ1v) is 10.1. The molecule has 1 heterocycles. The van der Waals surface area contributed by atoms with Gasteiger partial charge in [-0.05, 0) is 38.7 Å². The minimum absolute atomic E-state index is 0.0632. The van der Waals surface area contributed by atoms with Crippen LogP contribution in [0.2, 0.25) is 0 Å². The molecule has 1 amide bonds. The summed E-state index contributed by atoms with van der Waals surface area (Å²) in [5.41, 5.74) is 2.09. The molecule has 144 valence electrons. The van der Waals surface area contributed by atoms with Crippen molar-refractivity contribution in [2.24, 2.45) is 0 Å². The van der Waals surface area contributed by atoms with E-state index in [4.69, 9.17) is 4.52 Å². The molecule has 2 saturated carbocycles. The highest BCUT2D eigenvalue weighted by Crippen LogP contribution is 2.25. The Balaban J connectivity index is 1.24. The molecule has 0 radical (unpaired) electrons. The molecule has 0 aliphatic heterocycles. The van der Waals surface area contributed by atoms with Gasteiger partial charge in [0, 0.05) is 36.5 Å². The van der Waals surface area contributed by atoms with Gasteiger partial charge in [-0.15, -0.1) is 0 Å². The number of hydrogen-bond donors (Lipinski definition) is 2. The zero-order valence-electron chi connectivity index (χ0n) is 15.9. The highest BCUT2D eigenvalue weighted by Gasteiger charge is 2.33. The molecule has 0 saturated heterocycles. The van der Waals surface area contributed by atoms with Gasteiger partial charge in [-0.1, -0.05) is 41.8 Å². The van der Waals surface area contributed by atoms with E-state index in [9.17, 15) is 4.79 Å². The largest absolute Gasteiger partial charge is 0.352 e. The van der Waals surface area contributed by atoms with Crippen molar-refractivity contribution in [2.75, 3.05) is 0 Å². The number of nitrogens with one attached hydrogen (secondary N) is 2. The molecule has 0 bridgehead atoms. The fourth-order valence-corrected chi connectivity index (χ4v) is 4.02. The fourth-order valence-electron chi connectivity index (χ4n) is 4.02. The minimum atomic E-state index is 0.0632. The molecule has 6 heteroatoms. The standard InChI is InChI=1S/C21H28N4O2/c1-14-5-4-6-15(13-14)21-24-20(27-25-21)12-11-19(26)23-18-10-9-17(18)22-16-7-2-3-8-16/h4-6,13,16-18,22H,2-3,7-12H2,1H3,(H,23,26)/t17-,18+/m1/s1. The van der Waals surface area contributed by atoms with E-state index in [0.717, 1.165) is 24.0 Å². The van der Waals surface area contributed by atoms with Crippen LogP contribution in [0.15, 0.2) is 28.8 Å². The SMILES string of the molecule is Cc1cccc(-c2noc(CCC(=O)N[C@H]3CC[C@H]3NC3CCCC3)n2)c1. The van der Waals surface area contributed by atoms with Crippen LogP contribution in [0.4, 0.5) is 0 Å². The molecule has 1 aromatic carbocycles. The highest BCUT2D eigenvalue weighted by molar-refractivity contribution is 5.76. The van der Waals surface area contributed by atoms with Crippen LogP contribution in [-0.2, 0) is 11.2 Å². The predicted molar refractivity (Wildman–Crippen MR) is 103 cm³/mol. The molecule has 6 nitrogen and oxygen atoms in total. The average molecular weight is 368 g/mol. The van der Waals surface area contributed by atoms with E-state index in [1.807, 2.05) is 31.2 Å². The van der Waals surface area contributed by atoms with E-state index in [0.29, 0.717) is 36.6 Å². The third-order valence-corrected chi connectivity index (χ3v) is 5.74. The monoisotopic (exact) mass is 368 g/mol. The van der Waals surface area contributed by atoms with E-state index in [2.05, 4.69) is 20.8 Å². The Bertz CT molecular complexity index is 782. The lowest BCUT2D eigenvalue weighted by Crippen LogP contribution is -2.58. The van der Waals surface area contributed by atoms with Gasteiger partial charge in [-0.25, -0.2) is 0 Å². The Morgan fingerprint density at radius 1 is 1.19 bits per heavy atom. The second-order valence-corrected chi connectivity index (χ2v) is 7.89.